The first-order chi connectivity index (χ1) is 21.6. The summed E-state index contributed by atoms with van der Waals surface area (Å²) in [7, 11) is 0. The molecule has 0 unspecified atom stereocenters. The van der Waals surface area contributed by atoms with Crippen molar-refractivity contribution in [3.05, 3.63) is 73.9 Å². The zero-order valence-electron chi connectivity index (χ0n) is 26.3. The molecule has 1 aliphatic carbocycles. The van der Waals surface area contributed by atoms with Crippen molar-refractivity contribution in [2.75, 3.05) is 13.2 Å². The zero-order chi connectivity index (χ0) is 31.9. The van der Waals surface area contributed by atoms with Crippen LogP contribution in [-0.2, 0) is 32.8 Å². The Morgan fingerprint density at radius 1 is 1.16 bits per heavy atom. The molecule has 240 valence electrons. The number of Topliss-reactive ketones (excluding diaryl/α,β-unsaturated/α-hetero) is 1. The van der Waals surface area contributed by atoms with E-state index in [1.165, 1.54) is 32.8 Å². The summed E-state index contributed by atoms with van der Waals surface area (Å²) in [5.74, 6) is -0.268. The largest absolute Gasteiger partial charge is 0.381 e. The lowest BCUT2D eigenvalue weighted by atomic mass is 9.79. The normalized spacial score (nSPS) is 17.1. The summed E-state index contributed by atoms with van der Waals surface area (Å²) >= 11 is 1.24. The quantitative estimate of drug-likeness (QED) is 0.221. The average molecular weight is 638 g/mol. The maximum Gasteiger partial charge on any atom is 0.333 e. The highest BCUT2D eigenvalue weighted by Gasteiger charge is 2.38. The molecule has 0 N–H and O–H groups in total. The summed E-state index contributed by atoms with van der Waals surface area (Å²) in [5.41, 5.74) is -0.330. The fourth-order valence-corrected chi connectivity index (χ4v) is 7.67. The number of ketones is 1. The summed E-state index contributed by atoms with van der Waals surface area (Å²) in [6, 6.07) is 4.66. The number of halogens is 1. The molecule has 1 aliphatic heterocycles. The van der Waals surface area contributed by atoms with Gasteiger partial charge >= 0.3 is 5.69 Å². The number of thiophene rings is 1. The van der Waals surface area contributed by atoms with Crippen molar-refractivity contribution < 1.29 is 18.7 Å². The average Bonchev–Trinajstić information content (AvgIpc) is 3.65. The van der Waals surface area contributed by atoms with E-state index >= 15 is 0 Å². The van der Waals surface area contributed by atoms with E-state index in [1.54, 1.807) is 39.2 Å². The van der Waals surface area contributed by atoms with Crippen molar-refractivity contribution in [3.63, 3.8) is 0 Å². The number of hydrogen-bond donors (Lipinski definition) is 0. The summed E-state index contributed by atoms with van der Waals surface area (Å²) in [5, 5.41) is 9.48. The van der Waals surface area contributed by atoms with Crippen LogP contribution in [0, 0.1) is 18.7 Å². The van der Waals surface area contributed by atoms with E-state index in [-0.39, 0.29) is 24.3 Å². The summed E-state index contributed by atoms with van der Waals surface area (Å²) in [6.07, 6.45) is 7.59. The van der Waals surface area contributed by atoms with Crippen LogP contribution in [0.1, 0.15) is 82.1 Å². The van der Waals surface area contributed by atoms with Crippen LogP contribution in [0.25, 0.3) is 15.2 Å². The third-order valence-corrected chi connectivity index (χ3v) is 10.7. The molecule has 2 fully saturated rings. The van der Waals surface area contributed by atoms with Crippen molar-refractivity contribution in [1.29, 1.82) is 0 Å². The lowest BCUT2D eigenvalue weighted by Gasteiger charge is -2.32. The first-order valence-corrected chi connectivity index (χ1v) is 16.6. The van der Waals surface area contributed by atoms with Gasteiger partial charge in [0.1, 0.15) is 27.3 Å². The highest BCUT2D eigenvalue weighted by atomic mass is 32.1. The fourth-order valence-electron chi connectivity index (χ4n) is 6.45. The van der Waals surface area contributed by atoms with Gasteiger partial charge in [0.2, 0.25) is 0 Å². The summed E-state index contributed by atoms with van der Waals surface area (Å²) in [6.45, 7) is 8.23. The Kier molecular flexibility index (Phi) is 8.91. The van der Waals surface area contributed by atoms with Crippen LogP contribution < -0.4 is 11.2 Å². The minimum atomic E-state index is -1.39. The molecule has 2 aliphatic rings. The van der Waals surface area contributed by atoms with E-state index in [0.29, 0.717) is 65.2 Å². The van der Waals surface area contributed by atoms with Crippen LogP contribution >= 0.6 is 11.3 Å². The molecule has 0 radical (unpaired) electrons. The van der Waals surface area contributed by atoms with Crippen molar-refractivity contribution in [3.8, 4) is 5.00 Å². The number of hydrogen-bond acceptors (Lipinski definition) is 8. The van der Waals surface area contributed by atoms with Crippen LogP contribution in [0.4, 0.5) is 4.39 Å². The maximum absolute atomic E-state index is 14.8. The molecular weight excluding hydrogens is 597 g/mol. The van der Waals surface area contributed by atoms with E-state index in [9.17, 15) is 18.8 Å². The highest BCUT2D eigenvalue weighted by molar-refractivity contribution is 7.21. The van der Waals surface area contributed by atoms with Gasteiger partial charge in [-0.2, -0.15) is 10.2 Å². The van der Waals surface area contributed by atoms with Crippen molar-refractivity contribution in [2.24, 2.45) is 5.92 Å². The Morgan fingerprint density at radius 3 is 2.51 bits per heavy atom. The third-order valence-electron chi connectivity index (χ3n) is 9.44. The fraction of sp³-hybridized carbons (Fsp3) is 0.545. The minimum Gasteiger partial charge on any atom is -0.381 e. The Balaban J connectivity index is 1.55. The molecule has 1 saturated heterocycles. The molecule has 0 amide bonds. The monoisotopic (exact) mass is 637 g/mol. The predicted molar refractivity (Wildman–Crippen MR) is 170 cm³/mol. The number of benzene rings is 1. The molecule has 1 atom stereocenters. The Hall–Kier alpha value is -3.48. The number of nitrogens with zero attached hydrogens (tertiary/aromatic N) is 5. The second kappa shape index (κ2) is 12.7. The van der Waals surface area contributed by atoms with Crippen molar-refractivity contribution >= 4 is 27.3 Å². The lowest BCUT2D eigenvalue weighted by molar-refractivity contribution is -0.128. The number of fused-ring (bicyclic) bond motifs is 1. The molecule has 1 saturated carbocycles. The first-order valence-electron chi connectivity index (χ1n) is 15.8. The van der Waals surface area contributed by atoms with Crippen molar-refractivity contribution in [2.45, 2.75) is 96.9 Å². The van der Waals surface area contributed by atoms with E-state index in [2.05, 4.69) is 10.2 Å². The molecule has 3 aromatic heterocycles. The maximum atomic E-state index is 14.8. The number of aromatic nitrogens is 5. The Labute approximate surface area is 264 Å². The third kappa shape index (κ3) is 5.95. The van der Waals surface area contributed by atoms with Crippen LogP contribution in [0.2, 0.25) is 0 Å². The second-order valence-electron chi connectivity index (χ2n) is 12.7. The van der Waals surface area contributed by atoms with E-state index < -0.39 is 28.7 Å². The summed E-state index contributed by atoms with van der Waals surface area (Å²) < 4.78 is 29.7. The Bertz CT molecular complexity index is 1820. The minimum absolute atomic E-state index is 0.0161. The van der Waals surface area contributed by atoms with Gasteiger partial charge in [-0.25, -0.2) is 13.8 Å². The molecule has 12 heteroatoms. The summed E-state index contributed by atoms with van der Waals surface area (Å²) in [4.78, 5) is 44.5. The van der Waals surface area contributed by atoms with Crippen LogP contribution in [0.15, 0.2) is 40.2 Å². The van der Waals surface area contributed by atoms with Gasteiger partial charge in [0, 0.05) is 25.2 Å². The van der Waals surface area contributed by atoms with Gasteiger partial charge in [0.05, 0.1) is 30.4 Å². The van der Waals surface area contributed by atoms with Crippen molar-refractivity contribution in [1.82, 2.24) is 24.1 Å². The molecule has 0 bridgehead atoms. The smallest absolute Gasteiger partial charge is 0.333 e. The van der Waals surface area contributed by atoms with Crippen LogP contribution in [0.5, 0.6) is 0 Å². The van der Waals surface area contributed by atoms with Gasteiger partial charge in [0.15, 0.2) is 5.78 Å². The van der Waals surface area contributed by atoms with Crippen LogP contribution in [-0.4, -0.2) is 49.2 Å². The van der Waals surface area contributed by atoms with E-state index in [1.807, 2.05) is 6.92 Å². The second-order valence-corrected chi connectivity index (χ2v) is 13.7. The van der Waals surface area contributed by atoms with E-state index in [4.69, 9.17) is 9.47 Å². The number of aryl methyl sites for hydroxylation is 2. The zero-order valence-corrected chi connectivity index (χ0v) is 27.1. The topological polar surface area (TPSA) is 110 Å². The molecule has 1 aromatic carbocycles. The van der Waals surface area contributed by atoms with Gasteiger partial charge in [0.25, 0.3) is 5.56 Å². The SMILES string of the molecule is CCc1ccc(F)cc1[C@H](Cn1c(=O)n(C(C)(C)C(=O)CC2CCC2)c(=O)c2c(C)c(-n3nccn3)sc21)OC1CCOCC1. The molecule has 4 aromatic rings. The number of carbonyl (C=O) groups is 1. The van der Waals surface area contributed by atoms with Crippen LogP contribution in [0.3, 0.4) is 0 Å². The standard InChI is InChI=1S/C33H40FN5O5S/c1-5-22-9-10-23(34)18-25(22)26(44-24-11-15-43-16-12-24)19-37-31-28(20(2)30(45-31)39-35-13-14-36-39)29(41)38(32(37)42)33(3,4)27(40)17-21-7-6-8-21/h9-10,13-14,18,21,24,26H,5-8,11-12,15-17,19H2,1-4H3/t26-/m0/s1. The van der Waals surface area contributed by atoms with Gasteiger partial charge in [-0.3, -0.25) is 14.2 Å². The van der Waals surface area contributed by atoms with Gasteiger partial charge in [-0.1, -0.05) is 43.6 Å². The Morgan fingerprint density at radius 2 is 1.87 bits per heavy atom. The number of ether oxygens (including phenoxy) is 2. The lowest BCUT2D eigenvalue weighted by Crippen LogP contribution is -2.53. The molecule has 45 heavy (non-hydrogen) atoms. The highest BCUT2D eigenvalue weighted by Crippen LogP contribution is 2.35. The van der Waals surface area contributed by atoms with Gasteiger partial charge in [-0.15, -0.1) is 4.80 Å². The molecule has 6 rings (SSSR count). The molecular formula is C33H40FN5O5S. The predicted octanol–water partition coefficient (Wildman–Crippen LogP) is 5.25. The van der Waals surface area contributed by atoms with E-state index in [0.717, 1.165) is 29.4 Å². The number of rotatable bonds is 11. The molecule has 0 spiro atoms. The van der Waals surface area contributed by atoms with Gasteiger partial charge in [-0.05, 0) is 69.2 Å². The first kappa shape index (κ1) is 31.5. The van der Waals surface area contributed by atoms with Gasteiger partial charge < -0.3 is 9.47 Å². The number of carbonyl (C=O) groups excluding carboxylic acids is 1. The molecule has 10 nitrogen and oxygen atoms in total. The molecule has 4 heterocycles.